The molecule has 0 spiro atoms. The van der Waals surface area contributed by atoms with Gasteiger partial charge in [0.15, 0.2) is 0 Å². The summed E-state index contributed by atoms with van der Waals surface area (Å²) in [7, 11) is 0. The molecule has 2 aromatic rings. The third-order valence-corrected chi connectivity index (χ3v) is 3.21. The van der Waals surface area contributed by atoms with Crippen molar-refractivity contribution < 1.29 is 13.5 Å². The smallest absolute Gasteiger partial charge is 0.129 e. The number of rotatable bonds is 7. The van der Waals surface area contributed by atoms with Gasteiger partial charge in [-0.15, -0.1) is 0 Å². The summed E-state index contributed by atoms with van der Waals surface area (Å²) in [5.74, 6) is 1.73. The highest BCUT2D eigenvalue weighted by Gasteiger charge is 2.08. The number of hydrogen-bond donors (Lipinski definition) is 1. The van der Waals surface area contributed by atoms with E-state index < -0.39 is 0 Å². The van der Waals surface area contributed by atoms with E-state index in [4.69, 9.17) is 9.15 Å². The molecule has 0 aliphatic rings. The van der Waals surface area contributed by atoms with Crippen molar-refractivity contribution in [2.45, 2.75) is 33.9 Å². The van der Waals surface area contributed by atoms with Crippen LogP contribution in [0, 0.1) is 18.7 Å². The molecule has 1 heterocycles. The van der Waals surface area contributed by atoms with E-state index in [1.165, 1.54) is 6.07 Å². The van der Waals surface area contributed by atoms with E-state index in [1.807, 2.05) is 6.07 Å². The first-order valence-corrected chi connectivity index (χ1v) is 7.21. The zero-order valence-electron chi connectivity index (χ0n) is 12.8. The van der Waals surface area contributed by atoms with Crippen LogP contribution in [0.25, 0.3) is 0 Å². The lowest BCUT2D eigenvalue weighted by molar-refractivity contribution is 0.299. The molecule has 0 amide bonds. The van der Waals surface area contributed by atoms with Crippen LogP contribution in [0.5, 0.6) is 5.75 Å². The van der Waals surface area contributed by atoms with Crippen LogP contribution in [0.3, 0.4) is 0 Å². The minimum Gasteiger partial charge on any atom is -0.489 e. The van der Waals surface area contributed by atoms with Crippen LogP contribution in [0.1, 0.15) is 30.7 Å². The largest absolute Gasteiger partial charge is 0.489 e. The Labute approximate surface area is 125 Å². The Bertz CT molecular complexity index is 578. The minimum absolute atomic E-state index is 0.251. The fourth-order valence-electron chi connectivity index (χ4n) is 1.95. The van der Waals surface area contributed by atoms with Gasteiger partial charge in [-0.05, 0) is 37.1 Å². The molecule has 0 radical (unpaired) electrons. The van der Waals surface area contributed by atoms with Gasteiger partial charge in [-0.25, -0.2) is 4.39 Å². The number of halogens is 1. The van der Waals surface area contributed by atoms with E-state index in [1.54, 1.807) is 25.3 Å². The van der Waals surface area contributed by atoms with Gasteiger partial charge in [0.2, 0.25) is 0 Å². The molecule has 2 rings (SSSR count). The molecular weight excluding hydrogens is 269 g/mol. The van der Waals surface area contributed by atoms with Crippen LogP contribution in [0.2, 0.25) is 0 Å². The first-order valence-electron chi connectivity index (χ1n) is 7.21. The SMILES string of the molecule is Cc1ccc(OCc2ccoc2CNCC(C)C)cc1F. The molecule has 1 aromatic carbocycles. The highest BCUT2D eigenvalue weighted by molar-refractivity contribution is 5.28. The molecule has 0 bridgehead atoms. The quantitative estimate of drug-likeness (QED) is 0.835. The van der Waals surface area contributed by atoms with Gasteiger partial charge in [0, 0.05) is 11.6 Å². The Morgan fingerprint density at radius 2 is 2.10 bits per heavy atom. The monoisotopic (exact) mass is 291 g/mol. The number of aryl methyl sites for hydroxylation is 1. The van der Waals surface area contributed by atoms with Crippen molar-refractivity contribution in [1.29, 1.82) is 0 Å². The Hall–Kier alpha value is -1.81. The lowest BCUT2D eigenvalue weighted by Gasteiger charge is -2.09. The zero-order valence-corrected chi connectivity index (χ0v) is 12.8. The van der Waals surface area contributed by atoms with Crippen LogP contribution in [-0.2, 0) is 13.2 Å². The third-order valence-electron chi connectivity index (χ3n) is 3.21. The van der Waals surface area contributed by atoms with Crippen molar-refractivity contribution in [3.63, 3.8) is 0 Å². The van der Waals surface area contributed by atoms with Crippen LogP contribution in [0.4, 0.5) is 4.39 Å². The number of nitrogens with one attached hydrogen (secondary N) is 1. The summed E-state index contributed by atoms with van der Waals surface area (Å²) in [5, 5.41) is 3.33. The van der Waals surface area contributed by atoms with Gasteiger partial charge in [0.05, 0.1) is 12.8 Å². The Morgan fingerprint density at radius 3 is 2.81 bits per heavy atom. The van der Waals surface area contributed by atoms with Crippen molar-refractivity contribution >= 4 is 0 Å². The first kappa shape index (κ1) is 15.6. The molecular formula is C17H22FNO2. The molecule has 0 fully saturated rings. The van der Waals surface area contributed by atoms with Crippen molar-refractivity contribution in [1.82, 2.24) is 5.32 Å². The Morgan fingerprint density at radius 1 is 1.29 bits per heavy atom. The summed E-state index contributed by atoms with van der Waals surface area (Å²) in [6.07, 6.45) is 1.65. The molecule has 0 unspecified atom stereocenters. The maximum absolute atomic E-state index is 13.5. The van der Waals surface area contributed by atoms with Crippen molar-refractivity contribution in [2.24, 2.45) is 5.92 Å². The molecule has 0 saturated carbocycles. The Balaban J connectivity index is 1.91. The summed E-state index contributed by atoms with van der Waals surface area (Å²) < 4.78 is 24.5. The van der Waals surface area contributed by atoms with E-state index in [9.17, 15) is 4.39 Å². The summed E-state index contributed by atoms with van der Waals surface area (Å²) in [6.45, 7) is 8.03. The predicted molar refractivity (Wildman–Crippen MR) is 80.7 cm³/mol. The maximum Gasteiger partial charge on any atom is 0.129 e. The molecule has 1 aromatic heterocycles. The van der Waals surface area contributed by atoms with Crippen molar-refractivity contribution in [2.75, 3.05) is 6.54 Å². The van der Waals surface area contributed by atoms with Gasteiger partial charge in [0.25, 0.3) is 0 Å². The summed E-state index contributed by atoms with van der Waals surface area (Å²) in [4.78, 5) is 0. The molecule has 1 N–H and O–H groups in total. The van der Waals surface area contributed by atoms with E-state index in [0.717, 1.165) is 17.9 Å². The predicted octanol–water partition coefficient (Wildman–Crippen LogP) is 4.05. The van der Waals surface area contributed by atoms with Crippen LogP contribution in [0.15, 0.2) is 34.9 Å². The second-order valence-electron chi connectivity index (χ2n) is 5.59. The van der Waals surface area contributed by atoms with Gasteiger partial charge in [-0.2, -0.15) is 0 Å². The second kappa shape index (κ2) is 7.27. The molecule has 4 heteroatoms. The standard InChI is InChI=1S/C17H22FNO2/c1-12(2)9-19-10-17-14(6-7-20-17)11-21-15-5-4-13(3)16(18)8-15/h4-8,12,19H,9-11H2,1-3H3. The fourth-order valence-corrected chi connectivity index (χ4v) is 1.95. The van der Waals surface area contributed by atoms with Crippen LogP contribution in [-0.4, -0.2) is 6.54 Å². The summed E-state index contributed by atoms with van der Waals surface area (Å²) >= 11 is 0. The molecule has 114 valence electrons. The average molecular weight is 291 g/mol. The lowest BCUT2D eigenvalue weighted by atomic mass is 10.2. The molecule has 3 nitrogen and oxygen atoms in total. The van der Waals surface area contributed by atoms with Gasteiger partial charge in [-0.3, -0.25) is 0 Å². The average Bonchev–Trinajstić information content (AvgIpc) is 2.87. The second-order valence-corrected chi connectivity index (χ2v) is 5.59. The minimum atomic E-state index is -0.251. The van der Waals surface area contributed by atoms with Gasteiger partial charge in [0.1, 0.15) is 23.9 Å². The van der Waals surface area contributed by atoms with E-state index in [2.05, 4.69) is 19.2 Å². The van der Waals surface area contributed by atoms with E-state index >= 15 is 0 Å². The number of benzene rings is 1. The fraction of sp³-hybridized carbons (Fsp3) is 0.412. The molecule has 0 atom stereocenters. The number of furan rings is 1. The van der Waals surface area contributed by atoms with Gasteiger partial charge < -0.3 is 14.5 Å². The van der Waals surface area contributed by atoms with Crippen LogP contribution < -0.4 is 10.1 Å². The maximum atomic E-state index is 13.5. The first-order chi connectivity index (χ1) is 10.1. The molecule has 0 saturated heterocycles. The van der Waals surface area contributed by atoms with Gasteiger partial charge in [-0.1, -0.05) is 19.9 Å². The van der Waals surface area contributed by atoms with Crippen molar-refractivity contribution in [3.8, 4) is 5.75 Å². The molecule has 21 heavy (non-hydrogen) atoms. The lowest BCUT2D eigenvalue weighted by Crippen LogP contribution is -2.19. The summed E-state index contributed by atoms with van der Waals surface area (Å²) in [5.41, 5.74) is 1.59. The topological polar surface area (TPSA) is 34.4 Å². The third kappa shape index (κ3) is 4.60. The van der Waals surface area contributed by atoms with Gasteiger partial charge >= 0.3 is 0 Å². The van der Waals surface area contributed by atoms with Crippen molar-refractivity contribution in [3.05, 3.63) is 53.2 Å². The molecule has 0 aliphatic heterocycles. The molecule has 0 aliphatic carbocycles. The highest BCUT2D eigenvalue weighted by Crippen LogP contribution is 2.19. The summed E-state index contributed by atoms with van der Waals surface area (Å²) in [6, 6.07) is 6.78. The van der Waals surface area contributed by atoms with E-state index in [-0.39, 0.29) is 5.82 Å². The number of ether oxygens (including phenoxy) is 1. The number of hydrogen-bond acceptors (Lipinski definition) is 3. The normalized spacial score (nSPS) is 11.1. The zero-order chi connectivity index (χ0) is 15.2. The Kier molecular flexibility index (Phi) is 5.39. The highest BCUT2D eigenvalue weighted by atomic mass is 19.1. The van der Waals surface area contributed by atoms with Crippen LogP contribution >= 0.6 is 0 Å². The van der Waals surface area contributed by atoms with E-state index in [0.29, 0.717) is 30.4 Å².